The Bertz CT molecular complexity index is 358. The fourth-order valence-electron chi connectivity index (χ4n) is 3.44. The minimum absolute atomic E-state index is 0.0195. The van der Waals surface area contributed by atoms with Gasteiger partial charge in [0.2, 0.25) is 0 Å². The molecule has 1 heterocycles. The van der Waals surface area contributed by atoms with E-state index >= 15 is 0 Å². The van der Waals surface area contributed by atoms with Crippen LogP contribution in [-0.4, -0.2) is 65.8 Å². The molecule has 3 atom stereocenters. The van der Waals surface area contributed by atoms with Gasteiger partial charge < -0.3 is 20.2 Å². The molecule has 128 valence electrons. The zero-order chi connectivity index (χ0) is 16.1. The first-order valence-corrected chi connectivity index (χ1v) is 8.91. The van der Waals surface area contributed by atoms with Crippen molar-refractivity contribution in [2.45, 2.75) is 70.6 Å². The highest BCUT2D eigenvalue weighted by atomic mass is 16.3. The van der Waals surface area contributed by atoms with E-state index in [-0.39, 0.29) is 18.2 Å². The Labute approximate surface area is 135 Å². The van der Waals surface area contributed by atoms with Gasteiger partial charge in [-0.1, -0.05) is 6.42 Å². The second-order valence-electron chi connectivity index (χ2n) is 7.28. The minimum atomic E-state index is -0.359. The lowest BCUT2D eigenvalue weighted by Gasteiger charge is -2.44. The predicted molar refractivity (Wildman–Crippen MR) is 88.9 cm³/mol. The molecule has 22 heavy (non-hydrogen) atoms. The number of hydrogen-bond acceptors (Lipinski definition) is 3. The lowest BCUT2D eigenvalue weighted by atomic mass is 9.86. The molecule has 5 nitrogen and oxygen atoms in total. The quantitative estimate of drug-likeness (QED) is 0.789. The van der Waals surface area contributed by atoms with Crippen LogP contribution in [-0.2, 0) is 0 Å². The second kappa shape index (κ2) is 8.16. The van der Waals surface area contributed by atoms with Gasteiger partial charge in [-0.2, -0.15) is 0 Å². The van der Waals surface area contributed by atoms with Crippen molar-refractivity contribution in [1.29, 1.82) is 0 Å². The Balaban J connectivity index is 1.75. The predicted octanol–water partition coefficient (Wildman–Crippen LogP) is 2.05. The molecule has 5 heteroatoms. The highest BCUT2D eigenvalue weighted by Crippen LogP contribution is 2.30. The van der Waals surface area contributed by atoms with E-state index in [0.29, 0.717) is 18.9 Å². The van der Waals surface area contributed by atoms with Crippen molar-refractivity contribution < 1.29 is 9.90 Å². The standard InChI is InChI=1S/C17H33N3O2/c1-13(21)9-11-19(3)17(22)18-14(2)15-6-5-10-20(12-15)16-7-4-8-16/h13-16,21H,4-12H2,1-3H3,(H,18,22). The fraction of sp³-hybridized carbons (Fsp3) is 0.941. The van der Waals surface area contributed by atoms with Gasteiger partial charge in [0.15, 0.2) is 0 Å². The molecule has 0 aromatic carbocycles. The van der Waals surface area contributed by atoms with Crippen LogP contribution in [0, 0.1) is 5.92 Å². The lowest BCUT2D eigenvalue weighted by Crippen LogP contribution is -2.52. The molecule has 1 saturated heterocycles. The molecule has 3 unspecified atom stereocenters. The number of nitrogens with one attached hydrogen (secondary N) is 1. The van der Waals surface area contributed by atoms with Gasteiger partial charge in [0.05, 0.1) is 6.10 Å². The van der Waals surface area contributed by atoms with Gasteiger partial charge in [-0.15, -0.1) is 0 Å². The number of likely N-dealkylation sites (tertiary alicyclic amines) is 1. The van der Waals surface area contributed by atoms with E-state index in [9.17, 15) is 9.90 Å². The molecule has 2 aliphatic rings. The summed E-state index contributed by atoms with van der Waals surface area (Å²) in [4.78, 5) is 16.5. The average molecular weight is 311 g/mol. The molecule has 2 fully saturated rings. The summed E-state index contributed by atoms with van der Waals surface area (Å²) in [5.41, 5.74) is 0. The van der Waals surface area contributed by atoms with Gasteiger partial charge >= 0.3 is 6.03 Å². The van der Waals surface area contributed by atoms with Gasteiger partial charge in [0, 0.05) is 32.2 Å². The van der Waals surface area contributed by atoms with Crippen LogP contribution >= 0.6 is 0 Å². The summed E-state index contributed by atoms with van der Waals surface area (Å²) in [7, 11) is 1.80. The van der Waals surface area contributed by atoms with Gasteiger partial charge in [-0.3, -0.25) is 0 Å². The zero-order valence-corrected chi connectivity index (χ0v) is 14.4. The van der Waals surface area contributed by atoms with Crippen molar-refractivity contribution in [3.8, 4) is 0 Å². The van der Waals surface area contributed by atoms with Crippen LogP contribution in [0.1, 0.15) is 52.4 Å². The molecule has 1 aliphatic heterocycles. The van der Waals surface area contributed by atoms with E-state index in [4.69, 9.17) is 0 Å². The van der Waals surface area contributed by atoms with Crippen LogP contribution < -0.4 is 5.32 Å². The first kappa shape index (κ1) is 17.5. The van der Waals surface area contributed by atoms with Crippen molar-refractivity contribution in [2.75, 3.05) is 26.7 Å². The van der Waals surface area contributed by atoms with Crippen LogP contribution in [0.15, 0.2) is 0 Å². The van der Waals surface area contributed by atoms with E-state index in [0.717, 1.165) is 12.6 Å². The second-order valence-corrected chi connectivity index (χ2v) is 7.28. The highest BCUT2D eigenvalue weighted by Gasteiger charge is 2.32. The molecule has 0 spiro atoms. The van der Waals surface area contributed by atoms with Gasteiger partial charge in [-0.05, 0) is 58.4 Å². The smallest absolute Gasteiger partial charge is 0.317 e. The van der Waals surface area contributed by atoms with Crippen molar-refractivity contribution in [2.24, 2.45) is 5.92 Å². The third-order valence-corrected chi connectivity index (χ3v) is 5.37. The lowest BCUT2D eigenvalue weighted by molar-refractivity contribution is 0.0670. The molecule has 2 N–H and O–H groups in total. The van der Waals surface area contributed by atoms with Crippen molar-refractivity contribution >= 4 is 6.03 Å². The Hall–Kier alpha value is -0.810. The number of aliphatic hydroxyl groups excluding tert-OH is 1. The molecule has 0 bridgehead atoms. The third kappa shape index (κ3) is 4.85. The third-order valence-electron chi connectivity index (χ3n) is 5.37. The van der Waals surface area contributed by atoms with Crippen molar-refractivity contribution in [3.63, 3.8) is 0 Å². The maximum atomic E-state index is 12.2. The van der Waals surface area contributed by atoms with E-state index in [2.05, 4.69) is 17.1 Å². The summed E-state index contributed by atoms with van der Waals surface area (Å²) in [6, 6.07) is 0.998. The number of aliphatic hydroxyl groups is 1. The van der Waals surface area contributed by atoms with Gasteiger partial charge in [-0.25, -0.2) is 4.79 Å². The first-order valence-electron chi connectivity index (χ1n) is 8.91. The molecule has 0 aromatic rings. The summed E-state index contributed by atoms with van der Waals surface area (Å²) in [5, 5.41) is 12.5. The maximum absolute atomic E-state index is 12.2. The summed E-state index contributed by atoms with van der Waals surface area (Å²) in [6.07, 6.45) is 6.82. The summed E-state index contributed by atoms with van der Waals surface area (Å²) in [5.74, 6) is 0.559. The Morgan fingerprint density at radius 3 is 2.64 bits per heavy atom. The highest BCUT2D eigenvalue weighted by molar-refractivity contribution is 5.74. The number of rotatable bonds is 6. The monoisotopic (exact) mass is 311 g/mol. The number of carbonyl (C=O) groups is 1. The van der Waals surface area contributed by atoms with E-state index in [1.807, 2.05) is 0 Å². The number of nitrogens with zero attached hydrogens (tertiary/aromatic N) is 2. The molecule has 1 aliphatic carbocycles. The molecular weight excluding hydrogens is 278 g/mol. The normalized spacial score (nSPS) is 26.1. The largest absolute Gasteiger partial charge is 0.393 e. The number of carbonyl (C=O) groups excluding carboxylic acids is 1. The van der Waals surface area contributed by atoms with Crippen LogP contribution in [0.3, 0.4) is 0 Å². The molecule has 0 radical (unpaired) electrons. The minimum Gasteiger partial charge on any atom is -0.393 e. The molecule has 2 amide bonds. The molecule has 0 aromatic heterocycles. The van der Waals surface area contributed by atoms with Gasteiger partial charge in [0.25, 0.3) is 0 Å². The Morgan fingerprint density at radius 1 is 1.32 bits per heavy atom. The zero-order valence-electron chi connectivity index (χ0n) is 14.4. The van der Waals surface area contributed by atoms with Gasteiger partial charge in [0.1, 0.15) is 0 Å². The van der Waals surface area contributed by atoms with Crippen LogP contribution in [0.4, 0.5) is 4.79 Å². The van der Waals surface area contributed by atoms with Crippen LogP contribution in [0.2, 0.25) is 0 Å². The SMILES string of the molecule is CC(O)CCN(C)C(=O)NC(C)C1CCCN(C2CCC2)C1. The topological polar surface area (TPSA) is 55.8 Å². The molecular formula is C17H33N3O2. The number of hydrogen-bond donors (Lipinski definition) is 2. The van der Waals surface area contributed by atoms with E-state index in [1.165, 1.54) is 38.6 Å². The molecule has 2 rings (SSSR count). The van der Waals surface area contributed by atoms with E-state index in [1.54, 1.807) is 18.9 Å². The van der Waals surface area contributed by atoms with Crippen LogP contribution in [0.5, 0.6) is 0 Å². The summed E-state index contributed by atoms with van der Waals surface area (Å²) < 4.78 is 0. The number of amides is 2. The average Bonchev–Trinajstić information content (AvgIpc) is 2.43. The Morgan fingerprint density at radius 2 is 2.05 bits per heavy atom. The maximum Gasteiger partial charge on any atom is 0.317 e. The number of urea groups is 1. The summed E-state index contributed by atoms with van der Waals surface area (Å²) >= 11 is 0. The van der Waals surface area contributed by atoms with Crippen LogP contribution in [0.25, 0.3) is 0 Å². The van der Waals surface area contributed by atoms with E-state index < -0.39 is 0 Å². The van der Waals surface area contributed by atoms with Crippen molar-refractivity contribution in [1.82, 2.24) is 15.1 Å². The summed E-state index contributed by atoms with van der Waals surface area (Å²) in [6.45, 7) is 6.84. The molecule has 1 saturated carbocycles. The Kier molecular flexibility index (Phi) is 6.50. The first-order chi connectivity index (χ1) is 10.5. The number of piperidine rings is 1. The fourth-order valence-corrected chi connectivity index (χ4v) is 3.44. The van der Waals surface area contributed by atoms with Crippen molar-refractivity contribution in [3.05, 3.63) is 0 Å².